The van der Waals surface area contributed by atoms with Crippen molar-refractivity contribution in [2.45, 2.75) is 38.5 Å². The maximum Gasteiger partial charge on any atom is 0.144 e. The SMILES string of the molecule is COC(C)CNc1cnc(CNC2CC2)cn1. The highest BCUT2D eigenvalue weighted by molar-refractivity contribution is 5.31. The predicted octanol–water partition coefficient (Wildman–Crippen LogP) is 1.18. The van der Waals surface area contributed by atoms with Crippen LogP contribution in [0.3, 0.4) is 0 Å². The van der Waals surface area contributed by atoms with Gasteiger partial charge in [0.05, 0.1) is 24.2 Å². The average molecular weight is 236 g/mol. The molecule has 1 aromatic rings. The summed E-state index contributed by atoms with van der Waals surface area (Å²) in [6, 6.07) is 0.706. The van der Waals surface area contributed by atoms with Crippen LogP contribution in [0.4, 0.5) is 5.82 Å². The van der Waals surface area contributed by atoms with Crippen LogP contribution < -0.4 is 10.6 Å². The molecular formula is C12H20N4O. The number of hydrogen-bond acceptors (Lipinski definition) is 5. The number of methoxy groups -OCH3 is 1. The molecule has 1 fully saturated rings. The molecule has 1 heterocycles. The van der Waals surface area contributed by atoms with Crippen LogP contribution in [0.1, 0.15) is 25.5 Å². The normalized spacial score (nSPS) is 16.8. The fraction of sp³-hybridized carbons (Fsp3) is 0.667. The molecule has 1 atom stereocenters. The first-order chi connectivity index (χ1) is 8.28. The third-order valence-corrected chi connectivity index (χ3v) is 2.83. The Hall–Kier alpha value is -1.20. The van der Waals surface area contributed by atoms with Crippen molar-refractivity contribution in [3.63, 3.8) is 0 Å². The van der Waals surface area contributed by atoms with Gasteiger partial charge >= 0.3 is 0 Å². The molecule has 1 aliphatic rings. The first-order valence-corrected chi connectivity index (χ1v) is 6.09. The molecule has 0 spiro atoms. The van der Waals surface area contributed by atoms with Crippen LogP contribution >= 0.6 is 0 Å². The molecule has 1 unspecified atom stereocenters. The van der Waals surface area contributed by atoms with Crippen LogP contribution in [0, 0.1) is 0 Å². The van der Waals surface area contributed by atoms with Crippen molar-refractivity contribution in [3.05, 3.63) is 18.1 Å². The third-order valence-electron chi connectivity index (χ3n) is 2.83. The van der Waals surface area contributed by atoms with Gasteiger partial charge in [-0.05, 0) is 19.8 Å². The van der Waals surface area contributed by atoms with Gasteiger partial charge in [0.2, 0.25) is 0 Å². The van der Waals surface area contributed by atoms with E-state index in [2.05, 4.69) is 20.6 Å². The number of aromatic nitrogens is 2. The van der Waals surface area contributed by atoms with E-state index in [1.54, 1.807) is 13.3 Å². The Morgan fingerprint density at radius 2 is 2.24 bits per heavy atom. The largest absolute Gasteiger partial charge is 0.380 e. The number of hydrogen-bond donors (Lipinski definition) is 2. The molecule has 1 aliphatic carbocycles. The molecule has 94 valence electrons. The second-order valence-corrected chi connectivity index (χ2v) is 4.48. The molecule has 2 rings (SSSR count). The van der Waals surface area contributed by atoms with E-state index >= 15 is 0 Å². The Bertz CT molecular complexity index is 337. The summed E-state index contributed by atoms with van der Waals surface area (Å²) in [6.07, 6.45) is 6.35. The van der Waals surface area contributed by atoms with Gasteiger partial charge in [-0.15, -0.1) is 0 Å². The molecule has 0 saturated heterocycles. The molecule has 17 heavy (non-hydrogen) atoms. The van der Waals surface area contributed by atoms with E-state index in [9.17, 15) is 0 Å². The number of ether oxygens (including phenoxy) is 1. The summed E-state index contributed by atoms with van der Waals surface area (Å²) in [5, 5.41) is 6.59. The number of anilines is 1. The van der Waals surface area contributed by atoms with Crippen molar-refractivity contribution in [2.24, 2.45) is 0 Å². The van der Waals surface area contributed by atoms with Gasteiger partial charge in [-0.25, -0.2) is 4.98 Å². The monoisotopic (exact) mass is 236 g/mol. The third kappa shape index (κ3) is 4.28. The minimum absolute atomic E-state index is 0.174. The molecular weight excluding hydrogens is 216 g/mol. The summed E-state index contributed by atoms with van der Waals surface area (Å²) >= 11 is 0. The minimum atomic E-state index is 0.174. The predicted molar refractivity (Wildman–Crippen MR) is 66.9 cm³/mol. The van der Waals surface area contributed by atoms with Gasteiger partial charge in [0.15, 0.2) is 0 Å². The van der Waals surface area contributed by atoms with Crippen LogP contribution in [0.25, 0.3) is 0 Å². The van der Waals surface area contributed by atoms with Crippen molar-refractivity contribution in [3.8, 4) is 0 Å². The molecule has 0 amide bonds. The van der Waals surface area contributed by atoms with Gasteiger partial charge in [-0.1, -0.05) is 0 Å². The topological polar surface area (TPSA) is 59.1 Å². The van der Waals surface area contributed by atoms with Crippen molar-refractivity contribution in [2.75, 3.05) is 19.0 Å². The van der Waals surface area contributed by atoms with Gasteiger partial charge in [-0.2, -0.15) is 0 Å². The summed E-state index contributed by atoms with van der Waals surface area (Å²) in [4.78, 5) is 8.67. The minimum Gasteiger partial charge on any atom is -0.380 e. The maximum absolute atomic E-state index is 5.15. The zero-order valence-corrected chi connectivity index (χ0v) is 10.4. The van der Waals surface area contributed by atoms with Gasteiger partial charge in [0.25, 0.3) is 0 Å². The summed E-state index contributed by atoms with van der Waals surface area (Å²) in [5.41, 5.74) is 0.988. The van der Waals surface area contributed by atoms with Crippen molar-refractivity contribution in [1.29, 1.82) is 0 Å². The first kappa shape index (κ1) is 12.3. The molecule has 5 heteroatoms. The van der Waals surface area contributed by atoms with Crippen molar-refractivity contribution in [1.82, 2.24) is 15.3 Å². The van der Waals surface area contributed by atoms with Crippen LogP contribution in [0.5, 0.6) is 0 Å². The van der Waals surface area contributed by atoms with E-state index < -0.39 is 0 Å². The van der Waals surface area contributed by atoms with E-state index in [0.717, 1.165) is 24.6 Å². The second kappa shape index (κ2) is 5.93. The quantitative estimate of drug-likeness (QED) is 0.744. The highest BCUT2D eigenvalue weighted by Gasteiger charge is 2.20. The summed E-state index contributed by atoms with van der Waals surface area (Å²) in [5.74, 6) is 0.795. The number of nitrogens with one attached hydrogen (secondary N) is 2. The van der Waals surface area contributed by atoms with Gasteiger partial charge in [0.1, 0.15) is 5.82 Å². The molecule has 5 nitrogen and oxygen atoms in total. The van der Waals surface area contributed by atoms with Gasteiger partial charge in [-0.3, -0.25) is 4.98 Å². The van der Waals surface area contributed by atoms with Crippen LogP contribution in [-0.2, 0) is 11.3 Å². The fourth-order valence-electron chi connectivity index (χ4n) is 1.41. The van der Waals surface area contributed by atoms with Crippen molar-refractivity contribution < 1.29 is 4.74 Å². The first-order valence-electron chi connectivity index (χ1n) is 6.09. The average Bonchev–Trinajstić information content (AvgIpc) is 3.18. The standard InChI is InChI=1S/C12H20N4O/c1-9(17-2)5-15-12-8-14-11(7-16-12)6-13-10-3-4-10/h7-10,13H,3-6H2,1-2H3,(H,15,16). The zero-order chi connectivity index (χ0) is 12.1. The lowest BCUT2D eigenvalue weighted by Gasteiger charge is -2.11. The molecule has 1 aromatic heterocycles. The molecule has 0 aliphatic heterocycles. The van der Waals surface area contributed by atoms with Crippen molar-refractivity contribution >= 4 is 5.82 Å². The Morgan fingerprint density at radius 3 is 2.82 bits per heavy atom. The van der Waals surface area contributed by atoms with Gasteiger partial charge in [0, 0.05) is 26.2 Å². The highest BCUT2D eigenvalue weighted by atomic mass is 16.5. The second-order valence-electron chi connectivity index (χ2n) is 4.48. The molecule has 1 saturated carbocycles. The van der Waals surface area contributed by atoms with E-state index in [4.69, 9.17) is 4.74 Å². The Kier molecular flexibility index (Phi) is 4.28. The highest BCUT2D eigenvalue weighted by Crippen LogP contribution is 2.18. The Morgan fingerprint density at radius 1 is 1.41 bits per heavy atom. The number of rotatable bonds is 7. The summed E-state index contributed by atoms with van der Waals surface area (Å²) in [7, 11) is 1.70. The fourth-order valence-corrected chi connectivity index (χ4v) is 1.41. The van der Waals surface area contributed by atoms with Gasteiger partial charge < -0.3 is 15.4 Å². The summed E-state index contributed by atoms with van der Waals surface area (Å²) < 4.78 is 5.15. The van der Waals surface area contributed by atoms with Crippen LogP contribution in [-0.4, -0.2) is 35.8 Å². The molecule has 2 N–H and O–H groups in total. The van der Waals surface area contributed by atoms with E-state index in [1.807, 2.05) is 13.1 Å². The molecule has 0 aromatic carbocycles. The maximum atomic E-state index is 5.15. The lowest BCUT2D eigenvalue weighted by molar-refractivity contribution is 0.128. The zero-order valence-electron chi connectivity index (χ0n) is 10.4. The number of nitrogens with zero attached hydrogens (tertiary/aromatic N) is 2. The Labute approximate surface area is 102 Å². The van der Waals surface area contributed by atoms with E-state index in [-0.39, 0.29) is 6.10 Å². The van der Waals surface area contributed by atoms with E-state index in [0.29, 0.717) is 6.04 Å². The lowest BCUT2D eigenvalue weighted by Crippen LogP contribution is -2.19. The lowest BCUT2D eigenvalue weighted by atomic mass is 10.4. The van der Waals surface area contributed by atoms with E-state index in [1.165, 1.54) is 12.8 Å². The smallest absolute Gasteiger partial charge is 0.144 e. The van der Waals surface area contributed by atoms with Crippen LogP contribution in [0.2, 0.25) is 0 Å². The molecule has 0 radical (unpaired) electrons. The molecule has 0 bridgehead atoms. The van der Waals surface area contributed by atoms with Crippen LogP contribution in [0.15, 0.2) is 12.4 Å². The Balaban J connectivity index is 1.75. The summed E-state index contributed by atoms with van der Waals surface area (Å²) in [6.45, 7) is 3.56.